The van der Waals surface area contributed by atoms with Gasteiger partial charge < -0.3 is 14.7 Å². The molecule has 21 heavy (non-hydrogen) atoms. The van der Waals surface area contributed by atoms with E-state index in [0.29, 0.717) is 12.2 Å². The highest BCUT2D eigenvalue weighted by Gasteiger charge is 2.20. The lowest BCUT2D eigenvalue weighted by atomic mass is 10.2. The molecule has 6 nitrogen and oxygen atoms in total. The van der Waals surface area contributed by atoms with Crippen molar-refractivity contribution in [3.63, 3.8) is 0 Å². The summed E-state index contributed by atoms with van der Waals surface area (Å²) in [6.07, 6.45) is 0.0448. The first kappa shape index (κ1) is 17.9. The second kappa shape index (κ2) is 8.33. The predicted octanol–water partition coefficient (Wildman–Crippen LogP) is 0.818. The summed E-state index contributed by atoms with van der Waals surface area (Å²) in [5, 5.41) is 9.78. The zero-order valence-electron chi connectivity index (χ0n) is 12.7. The number of rotatable bonds is 9. The van der Waals surface area contributed by atoms with Crippen LogP contribution in [0.15, 0.2) is 29.2 Å². The number of hydrogen-bond donors (Lipinski definition) is 2. The van der Waals surface area contributed by atoms with Gasteiger partial charge in [0, 0.05) is 27.2 Å². The lowest BCUT2D eigenvalue weighted by molar-refractivity contribution is 0.0694. The number of hydrogen-bond acceptors (Lipinski definition) is 5. The number of benzene rings is 1. The number of sulfonamides is 1. The van der Waals surface area contributed by atoms with E-state index in [4.69, 9.17) is 4.74 Å². The average molecular weight is 316 g/mol. The maximum absolute atomic E-state index is 12.3. The number of nitrogens with one attached hydrogen (secondary N) is 1. The maximum atomic E-state index is 12.3. The van der Waals surface area contributed by atoms with Crippen LogP contribution >= 0.6 is 0 Å². The molecule has 0 aliphatic heterocycles. The molecule has 0 saturated heterocycles. The Labute approximate surface area is 126 Å². The fourth-order valence-corrected chi connectivity index (χ4v) is 3.36. The van der Waals surface area contributed by atoms with Crippen molar-refractivity contribution in [2.45, 2.75) is 24.3 Å². The van der Waals surface area contributed by atoms with Crippen molar-refractivity contribution in [3.05, 3.63) is 24.3 Å². The molecule has 0 aliphatic carbocycles. The van der Waals surface area contributed by atoms with Crippen LogP contribution in [0.1, 0.15) is 13.3 Å². The Morgan fingerprint density at radius 2 is 2.05 bits per heavy atom. The molecule has 1 aromatic carbocycles. The molecular formula is C14H24N2O4S. The summed E-state index contributed by atoms with van der Waals surface area (Å²) in [6.45, 7) is 2.79. The van der Waals surface area contributed by atoms with Crippen molar-refractivity contribution in [2.24, 2.45) is 0 Å². The first-order valence-electron chi connectivity index (χ1n) is 6.89. The molecule has 7 heteroatoms. The van der Waals surface area contributed by atoms with Crippen molar-refractivity contribution < 1.29 is 18.3 Å². The minimum absolute atomic E-state index is 0.202. The first-order chi connectivity index (χ1) is 9.92. The zero-order valence-corrected chi connectivity index (χ0v) is 13.6. The van der Waals surface area contributed by atoms with Gasteiger partial charge in [0.1, 0.15) is 4.90 Å². The Kier molecular flexibility index (Phi) is 7.10. The summed E-state index contributed by atoms with van der Waals surface area (Å²) >= 11 is 0. The van der Waals surface area contributed by atoms with E-state index >= 15 is 0 Å². The molecule has 2 N–H and O–H groups in total. The summed E-state index contributed by atoms with van der Waals surface area (Å²) < 4.78 is 32.0. The SMILES string of the molecule is CCCNS(=O)(=O)c1ccccc1N(C)CC(O)COC. The monoisotopic (exact) mass is 316 g/mol. The molecule has 1 atom stereocenters. The second-order valence-corrected chi connectivity index (χ2v) is 6.59. The van der Waals surface area contributed by atoms with Crippen LogP contribution < -0.4 is 9.62 Å². The third-order valence-corrected chi connectivity index (χ3v) is 4.46. The van der Waals surface area contributed by atoms with Crippen molar-refractivity contribution in [2.75, 3.05) is 38.8 Å². The number of aliphatic hydroxyl groups is 1. The van der Waals surface area contributed by atoms with Crippen molar-refractivity contribution in [1.29, 1.82) is 0 Å². The van der Waals surface area contributed by atoms with E-state index in [1.165, 1.54) is 7.11 Å². The first-order valence-corrected chi connectivity index (χ1v) is 8.37. The van der Waals surface area contributed by atoms with Crippen LogP contribution in [0.2, 0.25) is 0 Å². The molecule has 120 valence electrons. The van der Waals surface area contributed by atoms with Gasteiger partial charge in [0.15, 0.2) is 0 Å². The lowest BCUT2D eigenvalue weighted by Gasteiger charge is -2.24. The second-order valence-electron chi connectivity index (χ2n) is 4.86. The van der Waals surface area contributed by atoms with Gasteiger partial charge in [0.05, 0.1) is 18.4 Å². The van der Waals surface area contributed by atoms with Gasteiger partial charge in [-0.2, -0.15) is 0 Å². The molecule has 1 aromatic rings. The Morgan fingerprint density at radius 3 is 2.67 bits per heavy atom. The molecule has 0 heterocycles. The summed E-state index contributed by atoms with van der Waals surface area (Å²) in [4.78, 5) is 1.93. The molecule has 0 amide bonds. The topological polar surface area (TPSA) is 78.9 Å². The van der Waals surface area contributed by atoms with E-state index in [1.807, 2.05) is 6.92 Å². The Bertz CT molecular complexity index is 534. The van der Waals surface area contributed by atoms with Gasteiger partial charge in [-0.25, -0.2) is 13.1 Å². The lowest BCUT2D eigenvalue weighted by Crippen LogP contribution is -2.33. The molecule has 0 bridgehead atoms. The fourth-order valence-electron chi connectivity index (χ4n) is 1.97. The van der Waals surface area contributed by atoms with Crippen LogP contribution in [0.4, 0.5) is 5.69 Å². The number of para-hydroxylation sites is 1. The Balaban J connectivity index is 2.98. The molecule has 0 aromatic heterocycles. The Hall–Kier alpha value is -1.15. The zero-order chi connectivity index (χ0) is 15.9. The number of methoxy groups -OCH3 is 1. The van der Waals surface area contributed by atoms with Crippen molar-refractivity contribution in [3.8, 4) is 0 Å². The summed E-state index contributed by atoms with van der Waals surface area (Å²) in [5.74, 6) is 0. The normalized spacial score (nSPS) is 13.1. The average Bonchev–Trinajstić information content (AvgIpc) is 2.45. The van der Waals surface area contributed by atoms with Crippen LogP contribution in [0.3, 0.4) is 0 Å². The van der Waals surface area contributed by atoms with E-state index in [0.717, 1.165) is 6.42 Å². The molecule has 0 saturated carbocycles. The van der Waals surface area contributed by atoms with Gasteiger partial charge in [-0.1, -0.05) is 19.1 Å². The third-order valence-electron chi connectivity index (χ3n) is 2.95. The largest absolute Gasteiger partial charge is 0.389 e. The maximum Gasteiger partial charge on any atom is 0.242 e. The number of nitrogens with zero attached hydrogens (tertiary/aromatic N) is 1. The van der Waals surface area contributed by atoms with Crippen LogP contribution in [0, 0.1) is 0 Å². The molecular weight excluding hydrogens is 292 g/mol. The quantitative estimate of drug-likeness (QED) is 0.705. The fraction of sp³-hybridized carbons (Fsp3) is 0.571. The highest BCUT2D eigenvalue weighted by atomic mass is 32.2. The summed E-state index contributed by atoms with van der Waals surface area (Å²) in [7, 11) is -0.297. The number of aliphatic hydroxyl groups excluding tert-OH is 1. The minimum Gasteiger partial charge on any atom is -0.389 e. The van der Waals surface area contributed by atoms with Gasteiger partial charge in [0.2, 0.25) is 10.0 Å². The van der Waals surface area contributed by atoms with Gasteiger partial charge in [-0.15, -0.1) is 0 Å². The third kappa shape index (κ3) is 5.28. The number of ether oxygens (including phenoxy) is 1. The molecule has 0 spiro atoms. The summed E-state index contributed by atoms with van der Waals surface area (Å²) in [5.41, 5.74) is 0.552. The minimum atomic E-state index is -3.55. The number of likely N-dealkylation sites (N-methyl/N-ethyl adjacent to an activating group) is 1. The van der Waals surface area contributed by atoms with Crippen LogP contribution in [0.5, 0.6) is 0 Å². The highest BCUT2D eigenvalue weighted by Crippen LogP contribution is 2.24. The molecule has 1 rings (SSSR count). The van der Waals surface area contributed by atoms with Crippen LogP contribution in [0.25, 0.3) is 0 Å². The van der Waals surface area contributed by atoms with Crippen LogP contribution in [-0.4, -0.2) is 53.5 Å². The molecule has 0 fully saturated rings. The van der Waals surface area contributed by atoms with Gasteiger partial charge in [0.25, 0.3) is 0 Å². The highest BCUT2D eigenvalue weighted by molar-refractivity contribution is 7.89. The smallest absolute Gasteiger partial charge is 0.242 e. The van der Waals surface area contributed by atoms with E-state index in [2.05, 4.69) is 4.72 Å². The standard InChI is InChI=1S/C14H24N2O4S/c1-4-9-15-21(18,19)14-8-6-5-7-13(14)16(2)10-12(17)11-20-3/h5-8,12,15,17H,4,9-11H2,1-3H3. The van der Waals surface area contributed by atoms with Crippen molar-refractivity contribution in [1.82, 2.24) is 4.72 Å². The van der Waals surface area contributed by atoms with E-state index in [9.17, 15) is 13.5 Å². The predicted molar refractivity (Wildman–Crippen MR) is 83.1 cm³/mol. The van der Waals surface area contributed by atoms with E-state index in [1.54, 1.807) is 36.2 Å². The summed E-state index contributed by atoms with van der Waals surface area (Å²) in [6, 6.07) is 6.74. The Morgan fingerprint density at radius 1 is 1.38 bits per heavy atom. The van der Waals surface area contributed by atoms with E-state index in [-0.39, 0.29) is 18.0 Å². The van der Waals surface area contributed by atoms with Crippen LogP contribution in [-0.2, 0) is 14.8 Å². The van der Waals surface area contributed by atoms with E-state index < -0.39 is 16.1 Å². The van der Waals surface area contributed by atoms with Gasteiger partial charge in [-0.05, 0) is 18.6 Å². The van der Waals surface area contributed by atoms with Gasteiger partial charge in [-0.3, -0.25) is 0 Å². The molecule has 0 aliphatic rings. The number of anilines is 1. The van der Waals surface area contributed by atoms with Crippen molar-refractivity contribution >= 4 is 15.7 Å². The molecule has 0 radical (unpaired) electrons. The van der Waals surface area contributed by atoms with Gasteiger partial charge >= 0.3 is 0 Å². The molecule has 1 unspecified atom stereocenters.